The summed E-state index contributed by atoms with van der Waals surface area (Å²) in [5.74, 6) is 1.19. The predicted octanol–water partition coefficient (Wildman–Crippen LogP) is 2.54. The van der Waals surface area contributed by atoms with Crippen LogP contribution in [-0.4, -0.2) is 33.0 Å². The lowest BCUT2D eigenvalue weighted by Crippen LogP contribution is -2.44. The Hall–Kier alpha value is -2.57. The molecule has 2 aliphatic carbocycles. The highest BCUT2D eigenvalue weighted by Crippen LogP contribution is 2.39. The molecule has 2 fully saturated rings. The van der Waals surface area contributed by atoms with Crippen LogP contribution in [0.15, 0.2) is 35.1 Å². The van der Waals surface area contributed by atoms with Crippen molar-refractivity contribution in [2.24, 2.45) is 0 Å². The zero-order chi connectivity index (χ0) is 18.6. The van der Waals surface area contributed by atoms with Gasteiger partial charge in [-0.25, -0.2) is 18.8 Å². The predicted molar refractivity (Wildman–Crippen MR) is 103 cm³/mol. The molecule has 0 radical (unpaired) electrons. The van der Waals surface area contributed by atoms with Gasteiger partial charge in [0.1, 0.15) is 5.82 Å². The molecule has 27 heavy (non-hydrogen) atoms. The number of urea groups is 1. The summed E-state index contributed by atoms with van der Waals surface area (Å²) in [5, 5.41) is 10.4. The molecule has 2 amide bonds. The Morgan fingerprint density at radius 1 is 1.07 bits per heavy atom. The zero-order valence-electron chi connectivity index (χ0n) is 15.6. The van der Waals surface area contributed by atoms with E-state index in [1.165, 1.54) is 23.9 Å². The van der Waals surface area contributed by atoms with E-state index in [9.17, 15) is 9.59 Å². The van der Waals surface area contributed by atoms with Crippen molar-refractivity contribution in [3.05, 3.63) is 46.6 Å². The molecule has 0 aliphatic heterocycles. The number of benzene rings is 1. The summed E-state index contributed by atoms with van der Waals surface area (Å²) >= 11 is 0. The molecule has 1 aromatic carbocycles. The highest BCUT2D eigenvalue weighted by Gasteiger charge is 2.31. The number of carbonyl (C=O) groups excluding carboxylic acids is 1. The molecule has 0 spiro atoms. The maximum atomic E-state index is 12.9. The van der Waals surface area contributed by atoms with Crippen molar-refractivity contribution in [1.82, 2.24) is 25.0 Å². The minimum absolute atomic E-state index is 0.141. The maximum absolute atomic E-state index is 12.9. The number of nitrogens with one attached hydrogen (secondary N) is 2. The molecular weight excluding hydrogens is 342 g/mol. The minimum Gasteiger partial charge on any atom is -0.336 e. The monoisotopic (exact) mass is 369 g/mol. The largest absolute Gasteiger partial charge is 0.350 e. The minimum atomic E-state index is -0.153. The zero-order valence-corrected chi connectivity index (χ0v) is 15.6. The van der Waals surface area contributed by atoms with Crippen LogP contribution in [0.3, 0.4) is 0 Å². The van der Waals surface area contributed by atoms with Crippen molar-refractivity contribution in [3.63, 3.8) is 0 Å². The molecular formula is C20H27N5O2. The van der Waals surface area contributed by atoms with Gasteiger partial charge in [0.2, 0.25) is 0 Å². The molecule has 7 nitrogen and oxygen atoms in total. The van der Waals surface area contributed by atoms with E-state index < -0.39 is 0 Å². The summed E-state index contributed by atoms with van der Waals surface area (Å²) in [6, 6.07) is 9.76. The first-order valence-corrected chi connectivity index (χ1v) is 10.0. The number of amides is 2. The highest BCUT2D eigenvalue weighted by molar-refractivity contribution is 5.74. The van der Waals surface area contributed by atoms with Crippen LogP contribution >= 0.6 is 0 Å². The molecule has 0 saturated heterocycles. The molecule has 1 heterocycles. The van der Waals surface area contributed by atoms with E-state index in [1.807, 2.05) is 30.3 Å². The second-order valence-corrected chi connectivity index (χ2v) is 7.54. The number of nitrogens with zero attached hydrogens (tertiary/aromatic N) is 3. The van der Waals surface area contributed by atoms with E-state index in [4.69, 9.17) is 0 Å². The SMILES string of the molecule is O=C(NCCn1nc(C2CC2)n(-c2ccccc2)c1=O)NC1CCCCC1. The van der Waals surface area contributed by atoms with Crippen molar-refractivity contribution in [3.8, 4) is 5.69 Å². The van der Waals surface area contributed by atoms with Crippen molar-refractivity contribution < 1.29 is 4.79 Å². The lowest BCUT2D eigenvalue weighted by Gasteiger charge is -2.22. The Kier molecular flexibility index (Phi) is 5.27. The number of rotatable bonds is 6. The first kappa shape index (κ1) is 17.8. The lowest BCUT2D eigenvalue weighted by atomic mass is 9.96. The van der Waals surface area contributed by atoms with Crippen molar-refractivity contribution in [2.45, 2.75) is 63.5 Å². The summed E-state index contributed by atoms with van der Waals surface area (Å²) in [6.45, 7) is 0.755. The third-order valence-electron chi connectivity index (χ3n) is 5.37. The first-order valence-electron chi connectivity index (χ1n) is 10.0. The van der Waals surface area contributed by atoms with Crippen LogP contribution in [-0.2, 0) is 6.54 Å². The molecule has 4 rings (SSSR count). The standard InChI is InChI=1S/C20H27N5O2/c26-19(22-16-7-3-1-4-8-16)21-13-14-24-20(27)25(17-9-5-2-6-10-17)18(23-24)15-11-12-15/h2,5-6,9-10,15-16H,1,3-4,7-8,11-14H2,(H2,21,22,26). The number of para-hydroxylation sites is 1. The number of carbonyl (C=O) groups is 1. The molecule has 2 aliphatic rings. The molecule has 2 aromatic rings. The quantitative estimate of drug-likeness (QED) is 0.821. The summed E-state index contributed by atoms with van der Waals surface area (Å²) in [6.07, 6.45) is 7.88. The van der Waals surface area contributed by atoms with E-state index in [0.717, 1.165) is 37.2 Å². The molecule has 2 N–H and O–H groups in total. The summed E-state index contributed by atoms with van der Waals surface area (Å²) in [7, 11) is 0. The van der Waals surface area contributed by atoms with E-state index in [-0.39, 0.29) is 17.8 Å². The third-order valence-corrected chi connectivity index (χ3v) is 5.37. The fraction of sp³-hybridized carbons (Fsp3) is 0.550. The van der Waals surface area contributed by atoms with Crippen molar-refractivity contribution in [1.29, 1.82) is 0 Å². The molecule has 0 atom stereocenters. The van der Waals surface area contributed by atoms with E-state index in [1.54, 1.807) is 4.57 Å². The van der Waals surface area contributed by atoms with Crippen LogP contribution in [0.2, 0.25) is 0 Å². The van der Waals surface area contributed by atoms with Crippen LogP contribution in [0, 0.1) is 0 Å². The fourth-order valence-electron chi connectivity index (χ4n) is 3.75. The van der Waals surface area contributed by atoms with Gasteiger partial charge in [-0.2, -0.15) is 5.10 Å². The summed E-state index contributed by atoms with van der Waals surface area (Å²) in [4.78, 5) is 24.9. The van der Waals surface area contributed by atoms with Gasteiger partial charge < -0.3 is 10.6 Å². The Morgan fingerprint density at radius 2 is 1.81 bits per heavy atom. The van der Waals surface area contributed by atoms with Gasteiger partial charge in [-0.05, 0) is 37.8 Å². The molecule has 144 valence electrons. The average Bonchev–Trinajstić information content (AvgIpc) is 3.48. The Bertz CT molecular complexity index is 832. The smallest absolute Gasteiger partial charge is 0.336 e. The topological polar surface area (TPSA) is 81.0 Å². The van der Waals surface area contributed by atoms with Crippen LogP contribution in [0.25, 0.3) is 5.69 Å². The second kappa shape index (κ2) is 7.98. The molecule has 0 bridgehead atoms. The van der Waals surface area contributed by atoms with Crippen LogP contribution < -0.4 is 16.3 Å². The van der Waals surface area contributed by atoms with Gasteiger partial charge >= 0.3 is 11.7 Å². The maximum Gasteiger partial charge on any atom is 0.350 e. The van der Waals surface area contributed by atoms with Gasteiger partial charge in [-0.15, -0.1) is 0 Å². The number of hydrogen-bond donors (Lipinski definition) is 2. The van der Waals surface area contributed by atoms with E-state index >= 15 is 0 Å². The van der Waals surface area contributed by atoms with Gasteiger partial charge in [0, 0.05) is 18.5 Å². The van der Waals surface area contributed by atoms with Crippen LogP contribution in [0.1, 0.15) is 56.7 Å². The molecule has 1 aromatic heterocycles. The molecule has 2 saturated carbocycles. The average molecular weight is 369 g/mol. The Labute approximate surface area is 158 Å². The Balaban J connectivity index is 1.39. The van der Waals surface area contributed by atoms with Gasteiger partial charge in [0.15, 0.2) is 0 Å². The number of aromatic nitrogens is 3. The van der Waals surface area contributed by atoms with E-state index in [2.05, 4.69) is 15.7 Å². The van der Waals surface area contributed by atoms with Gasteiger partial charge in [0.05, 0.1) is 12.2 Å². The van der Waals surface area contributed by atoms with Crippen LogP contribution in [0.4, 0.5) is 4.79 Å². The number of hydrogen-bond acceptors (Lipinski definition) is 3. The Morgan fingerprint density at radius 3 is 2.52 bits per heavy atom. The van der Waals surface area contributed by atoms with E-state index in [0.29, 0.717) is 19.0 Å². The van der Waals surface area contributed by atoms with Crippen molar-refractivity contribution in [2.75, 3.05) is 6.54 Å². The van der Waals surface area contributed by atoms with Crippen LogP contribution in [0.5, 0.6) is 0 Å². The summed E-state index contributed by atoms with van der Waals surface area (Å²) in [5.41, 5.74) is 0.705. The van der Waals surface area contributed by atoms with Crippen molar-refractivity contribution >= 4 is 6.03 Å². The lowest BCUT2D eigenvalue weighted by molar-refractivity contribution is 0.232. The molecule has 7 heteroatoms. The third kappa shape index (κ3) is 4.23. The highest BCUT2D eigenvalue weighted by atomic mass is 16.2. The van der Waals surface area contributed by atoms with Gasteiger partial charge in [-0.1, -0.05) is 37.5 Å². The molecule has 0 unspecified atom stereocenters. The summed E-state index contributed by atoms with van der Waals surface area (Å²) < 4.78 is 3.18. The van der Waals surface area contributed by atoms with Gasteiger partial charge in [0.25, 0.3) is 0 Å². The van der Waals surface area contributed by atoms with Gasteiger partial charge in [-0.3, -0.25) is 0 Å². The fourth-order valence-corrected chi connectivity index (χ4v) is 3.75. The first-order chi connectivity index (χ1) is 13.2. The second-order valence-electron chi connectivity index (χ2n) is 7.54. The normalized spacial score (nSPS) is 17.6.